The van der Waals surface area contributed by atoms with Crippen LogP contribution in [0.5, 0.6) is 0 Å². The molecule has 124 valence electrons. The van der Waals surface area contributed by atoms with Crippen LogP contribution in [0.15, 0.2) is 78.9 Å². The van der Waals surface area contributed by atoms with E-state index in [1.54, 1.807) is 0 Å². The minimum atomic E-state index is -0.101. The van der Waals surface area contributed by atoms with Crippen molar-refractivity contribution in [2.24, 2.45) is 0 Å². The van der Waals surface area contributed by atoms with Crippen molar-refractivity contribution >= 4 is 0 Å². The smallest absolute Gasteiger partial charge is 1.00 e. The zero-order chi connectivity index (χ0) is 14.0. The van der Waals surface area contributed by atoms with Crippen molar-refractivity contribution in [3.8, 4) is 0 Å². The number of benzene rings is 2. The van der Waals surface area contributed by atoms with Crippen molar-refractivity contribution in [2.45, 2.75) is 19.3 Å². The van der Waals surface area contributed by atoms with E-state index in [1.807, 2.05) is 0 Å². The Hall–Kier alpha value is -0.626. The maximum Gasteiger partial charge on any atom is 4.00 e. The van der Waals surface area contributed by atoms with Crippen molar-refractivity contribution in [3.05, 3.63) is 101 Å². The predicted molar refractivity (Wildman–Crippen MR) is 85.2 cm³/mol. The van der Waals surface area contributed by atoms with Crippen molar-refractivity contribution < 1.29 is 58.9 Å². The van der Waals surface area contributed by atoms with E-state index in [2.05, 4.69) is 92.7 Å². The van der Waals surface area contributed by atoms with Gasteiger partial charge in [-0.15, -0.1) is 5.56 Å². The van der Waals surface area contributed by atoms with Gasteiger partial charge < -0.3 is 37.2 Å². The summed E-state index contributed by atoms with van der Waals surface area (Å²) in [5.41, 5.74) is 5.30. The fraction of sp³-hybridized carbons (Fsp3) is 0.150. The van der Waals surface area contributed by atoms with Gasteiger partial charge in [0.2, 0.25) is 0 Å². The number of aryl methyl sites for hydroxylation is 1. The van der Waals surface area contributed by atoms with Crippen molar-refractivity contribution in [1.29, 1.82) is 0 Å². The maximum atomic E-state index is 2.32. The van der Waals surface area contributed by atoms with Gasteiger partial charge in [-0.1, -0.05) is 74.5 Å². The molecule has 4 heteroatoms. The number of hydrogen-bond acceptors (Lipinski definition) is 0. The van der Waals surface area contributed by atoms with Crippen molar-refractivity contribution in [3.63, 3.8) is 0 Å². The molecule has 0 aliphatic rings. The fourth-order valence-corrected chi connectivity index (χ4v) is 3.09. The second-order valence-electron chi connectivity index (χ2n) is 5.48. The van der Waals surface area contributed by atoms with E-state index in [9.17, 15) is 0 Å². The van der Waals surface area contributed by atoms with Crippen LogP contribution in [0.4, 0.5) is 0 Å². The molecule has 0 nitrogen and oxygen atoms in total. The summed E-state index contributed by atoms with van der Waals surface area (Å²) in [5, 5.41) is 0. The van der Waals surface area contributed by atoms with Crippen LogP contribution in [0.1, 0.15) is 29.2 Å². The van der Waals surface area contributed by atoms with E-state index in [0.717, 1.165) is 0 Å². The molecule has 0 saturated carbocycles. The van der Waals surface area contributed by atoms with Crippen LogP contribution in [-0.4, -0.2) is 0 Å². The number of hydrogen-bond donors (Lipinski definition) is 0. The van der Waals surface area contributed by atoms with Crippen LogP contribution in [0.3, 0.4) is 0 Å². The van der Waals surface area contributed by atoms with Gasteiger partial charge in [0.1, 0.15) is 0 Å². The third kappa shape index (κ3) is 4.72. The third-order valence-corrected chi connectivity index (χ3v) is 4.27. The molecule has 24 heavy (non-hydrogen) atoms. The van der Waals surface area contributed by atoms with Crippen LogP contribution in [-0.2, 0) is 27.1 Å². The van der Waals surface area contributed by atoms with E-state index in [1.165, 1.54) is 22.3 Å². The molecule has 0 unspecified atom stereocenters. The van der Waals surface area contributed by atoms with Gasteiger partial charge in [-0.25, -0.2) is 12.1 Å². The summed E-state index contributed by atoms with van der Waals surface area (Å²) in [4.78, 5) is 0. The third-order valence-electron chi connectivity index (χ3n) is 4.27. The molecule has 0 aliphatic heterocycles. The first-order chi connectivity index (χ1) is 9.73. The Balaban J connectivity index is 0. The summed E-state index contributed by atoms with van der Waals surface area (Å²) >= 11 is 0. The van der Waals surface area contributed by atoms with Gasteiger partial charge in [0, 0.05) is 0 Å². The Kier molecular flexibility index (Phi) is 11.8. The molecule has 0 N–H and O–H groups in total. The average molecular weight is 414 g/mol. The van der Waals surface area contributed by atoms with E-state index in [-0.39, 0.29) is 64.4 Å². The van der Waals surface area contributed by atoms with Crippen molar-refractivity contribution in [2.75, 3.05) is 0 Å². The van der Waals surface area contributed by atoms with Gasteiger partial charge in [-0.2, -0.15) is 11.6 Å². The molecule has 0 spiro atoms. The molecule has 0 fully saturated rings. The van der Waals surface area contributed by atoms with E-state index in [0.29, 0.717) is 0 Å². The molecule has 0 aliphatic carbocycles. The molecule has 0 heterocycles. The summed E-state index contributed by atoms with van der Waals surface area (Å²) in [7, 11) is 0. The Bertz CT molecular complexity index is 654. The van der Waals surface area contributed by atoms with Crippen LogP contribution >= 0.6 is 0 Å². The standard InChI is InChI=1S/C20H19.3ClH.Ti/c1-16-10-9-15-19(16)20(2,17-11-5-3-6-12-17)18-13-7-4-8-14-18;;;;/h3-15H,1-2H3;3*1H;/q-1;;;;+4/p-3. The zero-order valence-corrected chi connectivity index (χ0v) is 17.5. The average Bonchev–Trinajstić information content (AvgIpc) is 2.95. The molecule has 0 saturated heterocycles. The maximum absolute atomic E-state index is 2.32. The van der Waals surface area contributed by atoms with E-state index in [4.69, 9.17) is 0 Å². The molecule has 3 rings (SSSR count). The molecule has 0 amide bonds. The summed E-state index contributed by atoms with van der Waals surface area (Å²) < 4.78 is 0. The van der Waals surface area contributed by atoms with Crippen LogP contribution in [0.2, 0.25) is 0 Å². The summed E-state index contributed by atoms with van der Waals surface area (Å²) in [6, 6.07) is 28.1. The fourth-order valence-electron chi connectivity index (χ4n) is 3.09. The first-order valence-corrected chi connectivity index (χ1v) is 7.07. The van der Waals surface area contributed by atoms with E-state index < -0.39 is 0 Å². The molecule has 0 radical (unpaired) electrons. The molecule has 3 aromatic rings. The summed E-state index contributed by atoms with van der Waals surface area (Å²) in [6.45, 7) is 4.51. The molecule has 0 atom stereocenters. The second-order valence-corrected chi connectivity index (χ2v) is 5.48. The van der Waals surface area contributed by atoms with Crippen LogP contribution in [0, 0.1) is 6.92 Å². The van der Waals surface area contributed by atoms with Gasteiger partial charge in [0.05, 0.1) is 0 Å². The molecular formula is C20H19Cl3Ti. The first-order valence-electron chi connectivity index (χ1n) is 7.07. The monoisotopic (exact) mass is 412 g/mol. The summed E-state index contributed by atoms with van der Waals surface area (Å²) in [5.74, 6) is 0. The predicted octanol–water partition coefficient (Wildman–Crippen LogP) is -3.92. The van der Waals surface area contributed by atoms with Gasteiger partial charge in [-0.05, 0) is 16.5 Å². The minimum Gasteiger partial charge on any atom is -1.00 e. The van der Waals surface area contributed by atoms with Crippen molar-refractivity contribution in [1.82, 2.24) is 0 Å². The van der Waals surface area contributed by atoms with Gasteiger partial charge in [0.25, 0.3) is 0 Å². The molecule has 3 aromatic carbocycles. The van der Waals surface area contributed by atoms with Crippen LogP contribution in [0.25, 0.3) is 0 Å². The van der Waals surface area contributed by atoms with E-state index >= 15 is 0 Å². The topological polar surface area (TPSA) is 0 Å². The Labute approximate surface area is 178 Å². The molecule has 0 bridgehead atoms. The zero-order valence-electron chi connectivity index (χ0n) is 13.6. The van der Waals surface area contributed by atoms with Gasteiger partial charge >= 0.3 is 21.7 Å². The molecule has 0 aromatic heterocycles. The Morgan fingerprint density at radius 1 is 0.667 bits per heavy atom. The number of rotatable bonds is 3. The molecular weight excluding hydrogens is 394 g/mol. The second kappa shape index (κ2) is 11.1. The first kappa shape index (κ1) is 25.6. The summed E-state index contributed by atoms with van der Waals surface area (Å²) in [6.07, 6.45) is 0. The SMILES string of the molecule is Cc1ccc[c-]1C(C)(c1ccccc1)c1ccccc1.[Cl-].[Cl-].[Cl-].[Ti+4]. The quantitative estimate of drug-likeness (QED) is 0.304. The van der Waals surface area contributed by atoms with Gasteiger partial charge in [-0.3, -0.25) is 0 Å². The Morgan fingerprint density at radius 2 is 1.08 bits per heavy atom. The largest absolute Gasteiger partial charge is 4.00 e. The number of halogens is 3. The normalized spacial score (nSPS) is 9.58. The Morgan fingerprint density at radius 3 is 1.42 bits per heavy atom. The van der Waals surface area contributed by atoms with Gasteiger partial charge in [0.15, 0.2) is 0 Å². The van der Waals surface area contributed by atoms with Crippen LogP contribution < -0.4 is 37.2 Å². The minimum absolute atomic E-state index is 0.